The van der Waals surface area contributed by atoms with Crippen molar-refractivity contribution in [2.24, 2.45) is 5.73 Å². The van der Waals surface area contributed by atoms with Gasteiger partial charge >= 0.3 is 5.97 Å². The molecule has 2 N–H and O–H groups in total. The third-order valence-electron chi connectivity index (χ3n) is 1.70. The van der Waals surface area contributed by atoms with E-state index in [1.165, 1.54) is 0 Å². The Bertz CT molecular complexity index is 139. The van der Waals surface area contributed by atoms with Crippen LogP contribution in [0.1, 0.15) is 26.2 Å². The van der Waals surface area contributed by atoms with Crippen LogP contribution in [-0.2, 0) is 14.3 Å². The molecule has 0 aliphatic heterocycles. The number of carbonyl (C=O) groups excluding carboxylic acids is 1. The average Bonchev–Trinajstić information content (AvgIpc) is 2.12. The van der Waals surface area contributed by atoms with Crippen LogP contribution in [0.25, 0.3) is 0 Å². The zero-order chi connectivity index (χ0) is 10.1. The van der Waals surface area contributed by atoms with Gasteiger partial charge < -0.3 is 15.2 Å². The van der Waals surface area contributed by atoms with E-state index >= 15 is 0 Å². The van der Waals surface area contributed by atoms with Crippen molar-refractivity contribution in [1.82, 2.24) is 0 Å². The Hall–Kier alpha value is -0.610. The summed E-state index contributed by atoms with van der Waals surface area (Å²) in [6, 6.07) is -0.475. The van der Waals surface area contributed by atoms with Crippen LogP contribution in [0.4, 0.5) is 0 Å². The molecule has 4 heteroatoms. The Morgan fingerprint density at radius 2 is 2.15 bits per heavy atom. The van der Waals surface area contributed by atoms with E-state index in [0.29, 0.717) is 13.0 Å². The molecular weight excluding hydrogens is 170 g/mol. The van der Waals surface area contributed by atoms with Crippen LogP contribution in [0, 0.1) is 0 Å². The Morgan fingerprint density at radius 3 is 2.69 bits per heavy atom. The summed E-state index contributed by atoms with van der Waals surface area (Å²) in [4.78, 5) is 11.0. The third kappa shape index (κ3) is 6.54. The highest BCUT2D eigenvalue weighted by molar-refractivity contribution is 5.75. The molecule has 1 atom stereocenters. The molecule has 0 saturated heterocycles. The van der Waals surface area contributed by atoms with Crippen molar-refractivity contribution >= 4 is 5.97 Å². The largest absolute Gasteiger partial charge is 0.465 e. The summed E-state index contributed by atoms with van der Waals surface area (Å²) < 4.78 is 9.64. The number of unbranched alkanes of at least 4 members (excludes halogenated alkanes) is 1. The molecule has 0 rings (SSSR count). The second kappa shape index (κ2) is 8.01. The fraction of sp³-hybridized carbons (Fsp3) is 0.889. The van der Waals surface area contributed by atoms with Crippen LogP contribution >= 0.6 is 0 Å². The number of hydrogen-bond acceptors (Lipinski definition) is 4. The first-order chi connectivity index (χ1) is 6.22. The molecule has 4 nitrogen and oxygen atoms in total. The molecule has 0 saturated carbocycles. The van der Waals surface area contributed by atoms with Crippen LogP contribution in [-0.4, -0.2) is 32.3 Å². The Kier molecular flexibility index (Phi) is 7.63. The van der Waals surface area contributed by atoms with Crippen LogP contribution in [0.5, 0.6) is 0 Å². The van der Waals surface area contributed by atoms with Gasteiger partial charge in [-0.2, -0.15) is 0 Å². The van der Waals surface area contributed by atoms with Gasteiger partial charge in [-0.3, -0.25) is 4.79 Å². The lowest BCUT2D eigenvalue weighted by atomic mass is 10.1. The molecule has 0 spiro atoms. The maximum absolute atomic E-state index is 11.0. The number of rotatable bonds is 7. The van der Waals surface area contributed by atoms with Gasteiger partial charge in [0, 0.05) is 13.7 Å². The van der Waals surface area contributed by atoms with Crippen molar-refractivity contribution in [3.63, 3.8) is 0 Å². The predicted octanol–water partition coefficient (Wildman–Crippen LogP) is 0.693. The zero-order valence-corrected chi connectivity index (χ0v) is 8.41. The standard InChI is InChI=1S/C9H19NO3/c1-3-13-9(11)8(10)6-4-5-7-12-2/h8H,3-7,10H2,1-2H3. The zero-order valence-electron chi connectivity index (χ0n) is 8.41. The van der Waals surface area contributed by atoms with Gasteiger partial charge in [0.05, 0.1) is 6.61 Å². The van der Waals surface area contributed by atoms with Gasteiger partial charge in [-0.05, 0) is 26.2 Å². The first kappa shape index (κ1) is 12.4. The normalized spacial score (nSPS) is 12.5. The lowest BCUT2D eigenvalue weighted by Crippen LogP contribution is -2.32. The van der Waals surface area contributed by atoms with Crippen LogP contribution in [0.15, 0.2) is 0 Å². The number of methoxy groups -OCH3 is 1. The van der Waals surface area contributed by atoms with E-state index < -0.39 is 6.04 Å². The van der Waals surface area contributed by atoms with E-state index in [9.17, 15) is 4.79 Å². The molecule has 0 radical (unpaired) electrons. The number of carbonyl (C=O) groups is 1. The molecule has 0 aliphatic rings. The van der Waals surface area contributed by atoms with Crippen LogP contribution in [0.2, 0.25) is 0 Å². The minimum absolute atomic E-state index is 0.306. The fourth-order valence-corrected chi connectivity index (χ4v) is 0.978. The van der Waals surface area contributed by atoms with Crippen molar-refractivity contribution < 1.29 is 14.3 Å². The van der Waals surface area contributed by atoms with Gasteiger partial charge in [0.25, 0.3) is 0 Å². The summed E-state index contributed by atoms with van der Waals surface area (Å²) in [5, 5.41) is 0. The van der Waals surface area contributed by atoms with E-state index in [0.717, 1.165) is 19.4 Å². The first-order valence-corrected chi connectivity index (χ1v) is 4.63. The fourth-order valence-electron chi connectivity index (χ4n) is 0.978. The second-order valence-electron chi connectivity index (χ2n) is 2.85. The second-order valence-corrected chi connectivity index (χ2v) is 2.85. The first-order valence-electron chi connectivity index (χ1n) is 4.63. The molecular formula is C9H19NO3. The van der Waals surface area contributed by atoms with E-state index in [1.54, 1.807) is 14.0 Å². The lowest BCUT2D eigenvalue weighted by molar-refractivity contribution is -0.144. The van der Waals surface area contributed by atoms with Gasteiger partial charge in [0.2, 0.25) is 0 Å². The number of ether oxygens (including phenoxy) is 2. The molecule has 1 unspecified atom stereocenters. The Balaban J connectivity index is 3.38. The molecule has 78 valence electrons. The highest BCUT2D eigenvalue weighted by atomic mass is 16.5. The molecule has 0 fully saturated rings. The van der Waals surface area contributed by atoms with E-state index in [2.05, 4.69) is 0 Å². The summed E-state index contributed by atoms with van der Waals surface area (Å²) in [5.74, 6) is -0.306. The van der Waals surface area contributed by atoms with Crippen molar-refractivity contribution in [1.29, 1.82) is 0 Å². The van der Waals surface area contributed by atoms with E-state index in [-0.39, 0.29) is 5.97 Å². The minimum Gasteiger partial charge on any atom is -0.465 e. The Labute approximate surface area is 79.4 Å². The van der Waals surface area contributed by atoms with E-state index in [4.69, 9.17) is 15.2 Å². The third-order valence-corrected chi connectivity index (χ3v) is 1.70. The van der Waals surface area contributed by atoms with Gasteiger partial charge in [-0.1, -0.05) is 0 Å². The summed E-state index contributed by atoms with van der Waals surface area (Å²) in [7, 11) is 1.66. The molecule has 0 aliphatic carbocycles. The molecule has 0 heterocycles. The summed E-state index contributed by atoms with van der Waals surface area (Å²) in [6.45, 7) is 2.88. The monoisotopic (exact) mass is 189 g/mol. The number of esters is 1. The molecule has 0 amide bonds. The van der Waals surface area contributed by atoms with Crippen LogP contribution < -0.4 is 5.73 Å². The van der Waals surface area contributed by atoms with Gasteiger partial charge in [0.15, 0.2) is 0 Å². The summed E-state index contributed by atoms with van der Waals surface area (Å²) in [5.41, 5.74) is 5.57. The molecule has 0 aromatic carbocycles. The summed E-state index contributed by atoms with van der Waals surface area (Å²) >= 11 is 0. The smallest absolute Gasteiger partial charge is 0.322 e. The lowest BCUT2D eigenvalue weighted by Gasteiger charge is -2.09. The number of hydrogen-bond donors (Lipinski definition) is 1. The molecule has 0 aromatic heterocycles. The highest BCUT2D eigenvalue weighted by Gasteiger charge is 2.13. The predicted molar refractivity (Wildman–Crippen MR) is 50.3 cm³/mol. The SMILES string of the molecule is CCOC(=O)C(N)CCCCOC. The minimum atomic E-state index is -0.475. The van der Waals surface area contributed by atoms with Crippen molar-refractivity contribution in [2.75, 3.05) is 20.3 Å². The maximum Gasteiger partial charge on any atom is 0.322 e. The van der Waals surface area contributed by atoms with Crippen LogP contribution in [0.3, 0.4) is 0 Å². The van der Waals surface area contributed by atoms with Gasteiger partial charge in [-0.25, -0.2) is 0 Å². The number of nitrogens with two attached hydrogens (primary N) is 1. The quantitative estimate of drug-likeness (QED) is 0.473. The Morgan fingerprint density at radius 1 is 1.46 bits per heavy atom. The molecule has 13 heavy (non-hydrogen) atoms. The van der Waals surface area contributed by atoms with Gasteiger partial charge in [0.1, 0.15) is 6.04 Å². The van der Waals surface area contributed by atoms with Crippen molar-refractivity contribution in [2.45, 2.75) is 32.2 Å². The van der Waals surface area contributed by atoms with E-state index in [1.807, 2.05) is 0 Å². The van der Waals surface area contributed by atoms with Crippen molar-refractivity contribution in [3.05, 3.63) is 0 Å². The highest BCUT2D eigenvalue weighted by Crippen LogP contribution is 2.00. The molecule has 0 aromatic rings. The average molecular weight is 189 g/mol. The molecule has 0 bridgehead atoms. The van der Waals surface area contributed by atoms with Gasteiger partial charge in [-0.15, -0.1) is 0 Å². The maximum atomic E-state index is 11.0. The summed E-state index contributed by atoms with van der Waals surface area (Å²) in [6.07, 6.45) is 2.50. The van der Waals surface area contributed by atoms with Crippen molar-refractivity contribution in [3.8, 4) is 0 Å². The topological polar surface area (TPSA) is 61.5 Å².